The molecule has 8 heteroatoms. The largest absolute Gasteiger partial charge is 0.301 e. The van der Waals surface area contributed by atoms with Crippen molar-refractivity contribution in [3.63, 3.8) is 0 Å². The minimum Gasteiger partial charge on any atom is -0.287 e. The van der Waals surface area contributed by atoms with E-state index in [1.807, 2.05) is 0 Å². The summed E-state index contributed by atoms with van der Waals surface area (Å²) in [5.74, 6) is -0.718. The van der Waals surface area contributed by atoms with Crippen LogP contribution < -0.4 is 5.43 Å². The topological polar surface area (TPSA) is 82.2 Å². The number of carbonyl (C=O) groups is 1. The Balaban J connectivity index is 2.44. The molecule has 2 rings (SSSR count). The number of carbonyl (C=O) groups excluding carboxylic acids is 1. The average Bonchev–Trinajstić information content (AvgIpc) is 2.96. The summed E-state index contributed by atoms with van der Waals surface area (Å²) in [5.41, 5.74) is -0.632. The van der Waals surface area contributed by atoms with Gasteiger partial charge in [0.2, 0.25) is 5.43 Å². The Morgan fingerprint density at radius 1 is 1.58 bits per heavy atom. The zero-order valence-corrected chi connectivity index (χ0v) is 10.3. The summed E-state index contributed by atoms with van der Waals surface area (Å²) in [4.78, 5) is 28.4. The van der Waals surface area contributed by atoms with Crippen molar-refractivity contribution in [1.82, 2.24) is 24.6 Å². The Labute approximate surface area is 113 Å². The minimum absolute atomic E-state index is 0.297. The molecular formula is C11H13N5O3. The Hall–Kier alpha value is -2.48. The van der Waals surface area contributed by atoms with Crippen LogP contribution in [0.25, 0.3) is 5.69 Å². The highest BCUT2D eigenvalue weighted by Gasteiger charge is 2.18. The molecule has 0 aromatic carbocycles. The molecule has 0 saturated carbocycles. The fourth-order valence-electron chi connectivity index (χ4n) is 1.36. The second-order valence-corrected chi connectivity index (χ2v) is 3.60. The molecule has 1 amide bonds. The maximum Gasteiger partial charge on any atom is 0.301 e. The number of rotatable bonds is 3. The van der Waals surface area contributed by atoms with Gasteiger partial charge in [-0.2, -0.15) is 10.2 Å². The van der Waals surface area contributed by atoms with Gasteiger partial charge in [0, 0.05) is 30.4 Å². The molecule has 2 heterocycles. The van der Waals surface area contributed by atoms with Crippen LogP contribution in [-0.4, -0.2) is 44.7 Å². The lowest BCUT2D eigenvalue weighted by Crippen LogP contribution is -2.32. The van der Waals surface area contributed by atoms with Gasteiger partial charge < -0.3 is 0 Å². The maximum atomic E-state index is 12.0. The zero-order chi connectivity index (χ0) is 16.5. The van der Waals surface area contributed by atoms with Crippen LogP contribution in [-0.2, 0) is 11.8 Å². The summed E-state index contributed by atoms with van der Waals surface area (Å²) in [6, 6.07) is 1.15. The van der Waals surface area contributed by atoms with E-state index >= 15 is 0 Å². The molecule has 8 nitrogen and oxygen atoms in total. The summed E-state index contributed by atoms with van der Waals surface area (Å²) < 4.78 is 23.7. The molecule has 0 spiro atoms. The monoisotopic (exact) mass is 266 g/mol. The molecule has 0 unspecified atom stereocenters. The van der Waals surface area contributed by atoms with Crippen molar-refractivity contribution in [2.45, 2.75) is 0 Å². The van der Waals surface area contributed by atoms with E-state index in [0.717, 1.165) is 15.8 Å². The van der Waals surface area contributed by atoms with Gasteiger partial charge in [-0.1, -0.05) is 0 Å². The highest BCUT2D eigenvalue weighted by Crippen LogP contribution is 2.03. The van der Waals surface area contributed by atoms with Gasteiger partial charge in [-0.05, 0) is 0 Å². The van der Waals surface area contributed by atoms with Crippen molar-refractivity contribution in [3.05, 3.63) is 40.6 Å². The second kappa shape index (κ2) is 5.02. The highest BCUT2D eigenvalue weighted by atomic mass is 16.7. The number of amides is 1. The predicted octanol–water partition coefficient (Wildman–Crippen LogP) is -0.401. The number of aryl methyl sites for hydroxylation is 1. The van der Waals surface area contributed by atoms with Gasteiger partial charge in [0.05, 0.1) is 19.5 Å². The van der Waals surface area contributed by atoms with E-state index in [2.05, 4.69) is 10.2 Å². The van der Waals surface area contributed by atoms with Crippen molar-refractivity contribution in [2.75, 3.05) is 14.2 Å². The van der Waals surface area contributed by atoms with E-state index in [1.165, 1.54) is 37.4 Å². The quantitative estimate of drug-likeness (QED) is 0.706. The van der Waals surface area contributed by atoms with Gasteiger partial charge >= 0.3 is 5.91 Å². The molecule has 2 aromatic rings. The molecule has 19 heavy (non-hydrogen) atoms. The molecule has 0 N–H and O–H groups in total. The van der Waals surface area contributed by atoms with Crippen LogP contribution in [0.15, 0.2) is 29.5 Å². The van der Waals surface area contributed by atoms with Crippen LogP contribution in [0.5, 0.6) is 0 Å². The highest BCUT2D eigenvalue weighted by molar-refractivity contribution is 5.91. The number of hydrogen-bond acceptors (Lipinski definition) is 5. The van der Waals surface area contributed by atoms with Crippen molar-refractivity contribution < 1.29 is 13.7 Å². The van der Waals surface area contributed by atoms with E-state index < -0.39 is 18.3 Å². The maximum absolute atomic E-state index is 12.0. The Kier molecular flexibility index (Phi) is 2.50. The predicted molar refractivity (Wildman–Crippen MR) is 65.7 cm³/mol. The third-order valence-corrected chi connectivity index (χ3v) is 2.40. The normalized spacial score (nSPS) is 13.5. The lowest BCUT2D eigenvalue weighted by molar-refractivity contribution is -0.0762. The lowest BCUT2D eigenvalue weighted by atomic mass is 10.3. The first-order valence-corrected chi connectivity index (χ1v) is 5.21. The van der Waals surface area contributed by atoms with Crippen LogP contribution in [0.1, 0.15) is 14.6 Å². The Bertz CT molecular complexity index is 752. The molecule has 0 aliphatic heterocycles. The van der Waals surface area contributed by atoms with Gasteiger partial charge in [-0.15, -0.1) is 0 Å². The van der Waals surface area contributed by atoms with Crippen molar-refractivity contribution in [3.8, 4) is 5.69 Å². The summed E-state index contributed by atoms with van der Waals surface area (Å²) in [7, 11) is 2.62. The van der Waals surface area contributed by atoms with Crippen LogP contribution in [0.4, 0.5) is 0 Å². The first-order chi connectivity index (χ1) is 10.2. The van der Waals surface area contributed by atoms with Crippen molar-refractivity contribution >= 4 is 5.91 Å². The van der Waals surface area contributed by atoms with Gasteiger partial charge in [0.25, 0.3) is 0 Å². The summed E-state index contributed by atoms with van der Waals surface area (Å²) in [6.07, 6.45) is 3.81. The third kappa shape index (κ3) is 2.52. The summed E-state index contributed by atoms with van der Waals surface area (Å²) >= 11 is 0. The standard InChI is InChI=1S/C11H13N5O3/c1-14-7-8(6-12-14)16-5-4-9(17)10(13-16)11(18)15(2)19-3/h4-7H,1-3H3/i1D3. The fraction of sp³-hybridized carbons (Fsp3) is 0.273. The molecular weight excluding hydrogens is 250 g/mol. The molecule has 0 atom stereocenters. The van der Waals surface area contributed by atoms with E-state index in [9.17, 15) is 9.59 Å². The average molecular weight is 266 g/mol. The number of aromatic nitrogens is 4. The van der Waals surface area contributed by atoms with E-state index in [1.54, 1.807) is 0 Å². The SMILES string of the molecule is [2H]C([2H])([2H])n1cc(-n2ccc(=O)c(C(=O)N(C)OC)n2)cn1. The molecule has 0 aliphatic rings. The van der Waals surface area contributed by atoms with E-state index in [4.69, 9.17) is 8.95 Å². The summed E-state index contributed by atoms with van der Waals surface area (Å²) in [5, 5.41) is 8.47. The van der Waals surface area contributed by atoms with Crippen LogP contribution in [0, 0.1) is 0 Å². The first kappa shape index (κ1) is 9.45. The fourth-order valence-corrected chi connectivity index (χ4v) is 1.36. The molecule has 0 radical (unpaired) electrons. The number of nitrogens with zero attached hydrogens (tertiary/aromatic N) is 5. The first-order valence-electron chi connectivity index (χ1n) is 6.71. The number of hydrogen-bond donors (Lipinski definition) is 0. The van der Waals surface area contributed by atoms with Gasteiger partial charge in [0.1, 0.15) is 5.69 Å². The van der Waals surface area contributed by atoms with Crippen molar-refractivity contribution in [1.29, 1.82) is 0 Å². The van der Waals surface area contributed by atoms with Crippen LogP contribution >= 0.6 is 0 Å². The smallest absolute Gasteiger partial charge is 0.287 e. The minimum atomic E-state index is -2.42. The van der Waals surface area contributed by atoms with Gasteiger partial charge in [0.15, 0.2) is 5.69 Å². The van der Waals surface area contributed by atoms with E-state index in [0.29, 0.717) is 5.69 Å². The van der Waals surface area contributed by atoms with Gasteiger partial charge in [-0.3, -0.25) is 19.1 Å². The molecule has 0 bridgehead atoms. The molecule has 0 aliphatic carbocycles. The van der Waals surface area contributed by atoms with E-state index in [-0.39, 0.29) is 5.69 Å². The van der Waals surface area contributed by atoms with Crippen LogP contribution in [0.3, 0.4) is 0 Å². The third-order valence-electron chi connectivity index (χ3n) is 2.40. The van der Waals surface area contributed by atoms with Crippen molar-refractivity contribution in [2.24, 2.45) is 6.98 Å². The second-order valence-electron chi connectivity index (χ2n) is 3.60. The molecule has 100 valence electrons. The zero-order valence-electron chi connectivity index (χ0n) is 13.3. The molecule has 0 saturated heterocycles. The lowest BCUT2D eigenvalue weighted by Gasteiger charge is -2.12. The van der Waals surface area contributed by atoms with Gasteiger partial charge in [-0.25, -0.2) is 9.75 Å². The molecule has 2 aromatic heterocycles. The summed E-state index contributed by atoms with van der Waals surface area (Å²) in [6.45, 7) is -2.42. The number of hydroxylamine groups is 2. The Morgan fingerprint density at radius 2 is 2.37 bits per heavy atom. The van der Waals surface area contributed by atoms with Crippen LogP contribution in [0.2, 0.25) is 0 Å². The molecule has 0 fully saturated rings. The Morgan fingerprint density at radius 3 is 3.00 bits per heavy atom.